The van der Waals surface area contributed by atoms with Crippen LogP contribution in [-0.2, 0) is 9.47 Å². The topological polar surface area (TPSA) is 103 Å². The molecule has 1 saturated heterocycles. The number of epoxide rings is 1. The van der Waals surface area contributed by atoms with Gasteiger partial charge in [-0.25, -0.2) is 0 Å². The molecule has 0 aromatic rings. The summed E-state index contributed by atoms with van der Waals surface area (Å²) in [5.74, 6) is 0. The molecule has 0 bridgehead atoms. The van der Waals surface area contributed by atoms with Crippen LogP contribution in [0.3, 0.4) is 0 Å². The Balaban J connectivity index is 2.05. The largest absolute Gasteiger partial charge is 0.387 e. The summed E-state index contributed by atoms with van der Waals surface area (Å²) in [7, 11) is 0. The van der Waals surface area contributed by atoms with Gasteiger partial charge in [-0.15, -0.1) is 0 Å². The van der Waals surface area contributed by atoms with Crippen molar-refractivity contribution in [1.82, 2.24) is 0 Å². The highest BCUT2D eigenvalue weighted by molar-refractivity contribution is 5.08. The number of ether oxygens (including phenoxy) is 2. The fraction of sp³-hybridized carbons (Fsp3) is 1.00. The highest BCUT2D eigenvalue weighted by Crippen LogP contribution is 2.38. The molecule has 2 aliphatic rings. The summed E-state index contributed by atoms with van der Waals surface area (Å²) >= 11 is 0. The van der Waals surface area contributed by atoms with Crippen LogP contribution in [0.15, 0.2) is 0 Å². The van der Waals surface area contributed by atoms with E-state index in [1.165, 1.54) is 0 Å². The first-order chi connectivity index (χ1) is 6.16. The van der Waals surface area contributed by atoms with Crippen molar-refractivity contribution < 1.29 is 29.9 Å². The fourth-order valence-corrected chi connectivity index (χ4v) is 1.74. The van der Waals surface area contributed by atoms with Crippen LogP contribution in [0.1, 0.15) is 0 Å². The van der Waals surface area contributed by atoms with E-state index in [1.807, 2.05) is 0 Å². The van der Waals surface area contributed by atoms with E-state index >= 15 is 0 Å². The first-order valence-corrected chi connectivity index (χ1v) is 4.09. The SMILES string of the molecule is OCOC1C(O)C(O)C(O)C2OC12. The van der Waals surface area contributed by atoms with Gasteiger partial charge in [0.1, 0.15) is 43.4 Å². The molecule has 1 aliphatic carbocycles. The van der Waals surface area contributed by atoms with Gasteiger partial charge in [-0.1, -0.05) is 0 Å². The molecular weight excluding hydrogens is 180 g/mol. The predicted molar refractivity (Wildman–Crippen MR) is 38.6 cm³/mol. The Morgan fingerprint density at radius 2 is 1.69 bits per heavy atom. The van der Waals surface area contributed by atoms with Crippen LogP contribution in [0.4, 0.5) is 0 Å². The Hall–Kier alpha value is -0.240. The second-order valence-electron chi connectivity index (χ2n) is 3.30. The maximum Gasteiger partial charge on any atom is 0.144 e. The number of fused-ring (bicyclic) bond motifs is 1. The van der Waals surface area contributed by atoms with E-state index in [0.29, 0.717) is 0 Å². The molecule has 6 atom stereocenters. The summed E-state index contributed by atoms with van der Waals surface area (Å²) in [6.45, 7) is -0.545. The Morgan fingerprint density at radius 3 is 2.31 bits per heavy atom. The molecule has 0 spiro atoms. The Bertz CT molecular complexity index is 197. The molecule has 4 N–H and O–H groups in total. The molecule has 0 aromatic carbocycles. The molecule has 6 heteroatoms. The molecule has 0 radical (unpaired) electrons. The first kappa shape index (κ1) is 9.32. The molecule has 1 aliphatic heterocycles. The van der Waals surface area contributed by atoms with Gasteiger partial charge in [0.25, 0.3) is 0 Å². The van der Waals surface area contributed by atoms with Gasteiger partial charge >= 0.3 is 0 Å². The maximum atomic E-state index is 9.41. The zero-order chi connectivity index (χ0) is 9.59. The average Bonchev–Trinajstić information content (AvgIpc) is 2.88. The minimum absolute atomic E-state index is 0.416. The zero-order valence-electron chi connectivity index (χ0n) is 6.78. The number of hydrogen-bond donors (Lipinski definition) is 4. The molecule has 2 fully saturated rings. The van der Waals surface area contributed by atoms with Crippen molar-refractivity contribution >= 4 is 0 Å². The van der Waals surface area contributed by atoms with Crippen molar-refractivity contribution in [3.8, 4) is 0 Å². The lowest BCUT2D eigenvalue weighted by atomic mass is 9.90. The Kier molecular flexibility index (Phi) is 2.26. The molecule has 13 heavy (non-hydrogen) atoms. The van der Waals surface area contributed by atoms with Crippen LogP contribution < -0.4 is 0 Å². The van der Waals surface area contributed by atoms with E-state index in [9.17, 15) is 15.3 Å². The monoisotopic (exact) mass is 192 g/mol. The van der Waals surface area contributed by atoms with E-state index in [1.54, 1.807) is 0 Å². The predicted octanol–water partition coefficient (Wildman–Crippen LogP) is -2.81. The van der Waals surface area contributed by atoms with Crippen molar-refractivity contribution in [2.45, 2.75) is 36.6 Å². The van der Waals surface area contributed by atoms with E-state index in [0.717, 1.165) is 0 Å². The summed E-state index contributed by atoms with van der Waals surface area (Å²) in [6, 6.07) is 0. The minimum Gasteiger partial charge on any atom is -0.387 e. The second kappa shape index (κ2) is 3.16. The van der Waals surface area contributed by atoms with Crippen molar-refractivity contribution in [2.75, 3.05) is 6.79 Å². The molecule has 0 amide bonds. The summed E-state index contributed by atoms with van der Waals surface area (Å²) < 4.78 is 9.77. The van der Waals surface area contributed by atoms with E-state index in [4.69, 9.17) is 14.6 Å². The third-order valence-corrected chi connectivity index (χ3v) is 2.53. The summed E-state index contributed by atoms with van der Waals surface area (Å²) in [6.07, 6.45) is -5.21. The van der Waals surface area contributed by atoms with Gasteiger partial charge in [-0.3, -0.25) is 0 Å². The number of hydrogen-bond acceptors (Lipinski definition) is 6. The number of aliphatic hydroxyl groups excluding tert-OH is 4. The van der Waals surface area contributed by atoms with Gasteiger partial charge in [0.15, 0.2) is 0 Å². The van der Waals surface area contributed by atoms with Crippen LogP contribution in [0.25, 0.3) is 0 Å². The quantitative estimate of drug-likeness (QED) is 0.278. The minimum atomic E-state index is -1.28. The molecule has 76 valence electrons. The Labute approximate surface area is 74.3 Å². The summed E-state index contributed by atoms with van der Waals surface area (Å²) in [4.78, 5) is 0. The van der Waals surface area contributed by atoms with Gasteiger partial charge in [0.2, 0.25) is 0 Å². The number of aliphatic hydroxyl groups is 4. The van der Waals surface area contributed by atoms with Crippen LogP contribution >= 0.6 is 0 Å². The van der Waals surface area contributed by atoms with E-state index in [-0.39, 0.29) is 0 Å². The average molecular weight is 192 g/mol. The fourth-order valence-electron chi connectivity index (χ4n) is 1.74. The van der Waals surface area contributed by atoms with Gasteiger partial charge in [-0.05, 0) is 0 Å². The number of rotatable bonds is 2. The third-order valence-electron chi connectivity index (χ3n) is 2.53. The normalized spacial score (nSPS) is 54.5. The van der Waals surface area contributed by atoms with Crippen molar-refractivity contribution in [2.24, 2.45) is 0 Å². The molecule has 6 nitrogen and oxygen atoms in total. The summed E-state index contributed by atoms with van der Waals surface area (Å²) in [5, 5.41) is 36.5. The Morgan fingerprint density at radius 1 is 1.00 bits per heavy atom. The lowest BCUT2D eigenvalue weighted by Crippen LogP contribution is -2.54. The zero-order valence-corrected chi connectivity index (χ0v) is 6.78. The lowest BCUT2D eigenvalue weighted by molar-refractivity contribution is -0.163. The van der Waals surface area contributed by atoms with Crippen LogP contribution in [0.2, 0.25) is 0 Å². The van der Waals surface area contributed by atoms with Crippen molar-refractivity contribution in [3.63, 3.8) is 0 Å². The highest BCUT2D eigenvalue weighted by atomic mass is 16.7. The second-order valence-corrected chi connectivity index (χ2v) is 3.30. The smallest absolute Gasteiger partial charge is 0.144 e. The third kappa shape index (κ3) is 1.35. The van der Waals surface area contributed by atoms with Crippen molar-refractivity contribution in [3.05, 3.63) is 0 Å². The van der Waals surface area contributed by atoms with Gasteiger partial charge in [0.05, 0.1) is 0 Å². The van der Waals surface area contributed by atoms with Crippen LogP contribution in [-0.4, -0.2) is 63.8 Å². The van der Waals surface area contributed by atoms with Crippen LogP contribution in [0, 0.1) is 0 Å². The van der Waals surface area contributed by atoms with E-state index < -0.39 is 43.4 Å². The van der Waals surface area contributed by atoms with Crippen molar-refractivity contribution in [1.29, 1.82) is 0 Å². The van der Waals surface area contributed by atoms with Gasteiger partial charge in [-0.2, -0.15) is 0 Å². The highest BCUT2D eigenvalue weighted by Gasteiger charge is 2.60. The maximum absolute atomic E-state index is 9.41. The lowest BCUT2D eigenvalue weighted by Gasteiger charge is -2.31. The van der Waals surface area contributed by atoms with Crippen LogP contribution in [0.5, 0.6) is 0 Å². The molecular formula is C7H12O6. The molecule has 1 saturated carbocycles. The molecule has 6 unspecified atom stereocenters. The molecule has 1 heterocycles. The first-order valence-electron chi connectivity index (χ1n) is 4.09. The van der Waals surface area contributed by atoms with Gasteiger partial charge in [0, 0.05) is 0 Å². The summed E-state index contributed by atoms with van der Waals surface area (Å²) in [5.41, 5.74) is 0. The molecule has 2 rings (SSSR count). The standard InChI is InChI=1S/C7H12O6/c8-1-12-5-3(10)2(9)4(11)6-7(5)13-6/h2-11H,1H2. The van der Waals surface area contributed by atoms with Gasteiger partial charge < -0.3 is 29.9 Å². The molecule has 0 aromatic heterocycles. The van der Waals surface area contributed by atoms with E-state index in [2.05, 4.69) is 0 Å².